The molecule has 2 rings (SSSR count). The summed E-state index contributed by atoms with van der Waals surface area (Å²) in [7, 11) is 0. The molecule has 4 nitrogen and oxygen atoms in total. The summed E-state index contributed by atoms with van der Waals surface area (Å²) in [5, 5.41) is 4.16. The molecule has 0 saturated carbocycles. The Morgan fingerprint density at radius 3 is 2.67 bits per heavy atom. The van der Waals surface area contributed by atoms with Gasteiger partial charge in [0.2, 0.25) is 0 Å². The lowest BCUT2D eigenvalue weighted by Crippen LogP contribution is -2.07. The standard InChI is InChI=1S/C9H8Br2N4/c10-7-1-6(2-12)9(13-3-7)15-5-8(11)4-14-15/h1,3-5H,2,12H2. The zero-order valence-electron chi connectivity index (χ0n) is 7.69. The van der Waals surface area contributed by atoms with Crippen molar-refractivity contribution < 1.29 is 0 Å². The second kappa shape index (κ2) is 4.42. The van der Waals surface area contributed by atoms with Crippen LogP contribution < -0.4 is 5.73 Å². The number of nitrogens with zero attached hydrogens (tertiary/aromatic N) is 3. The highest BCUT2D eigenvalue weighted by atomic mass is 79.9. The predicted octanol–water partition coefficient (Wildman–Crippen LogP) is 2.25. The van der Waals surface area contributed by atoms with E-state index in [0.717, 1.165) is 20.3 Å². The van der Waals surface area contributed by atoms with E-state index in [1.54, 1.807) is 17.1 Å². The van der Waals surface area contributed by atoms with Crippen molar-refractivity contribution in [1.82, 2.24) is 14.8 Å². The molecule has 0 atom stereocenters. The molecule has 0 bridgehead atoms. The van der Waals surface area contributed by atoms with E-state index in [1.807, 2.05) is 12.3 Å². The molecule has 0 unspecified atom stereocenters. The van der Waals surface area contributed by atoms with Gasteiger partial charge < -0.3 is 5.73 Å². The maximum atomic E-state index is 5.65. The fourth-order valence-corrected chi connectivity index (χ4v) is 1.91. The van der Waals surface area contributed by atoms with Crippen LogP contribution >= 0.6 is 31.9 Å². The fourth-order valence-electron chi connectivity index (χ4n) is 1.25. The molecule has 0 aromatic carbocycles. The molecule has 6 heteroatoms. The molecule has 0 aliphatic carbocycles. The third kappa shape index (κ3) is 2.27. The molecule has 0 fully saturated rings. The minimum absolute atomic E-state index is 0.430. The highest BCUT2D eigenvalue weighted by molar-refractivity contribution is 9.10. The van der Waals surface area contributed by atoms with Gasteiger partial charge in [0.25, 0.3) is 0 Å². The lowest BCUT2D eigenvalue weighted by molar-refractivity contribution is 0.822. The maximum absolute atomic E-state index is 5.65. The molecule has 0 saturated heterocycles. The Labute approximate surface area is 104 Å². The van der Waals surface area contributed by atoms with Crippen molar-refractivity contribution in [2.45, 2.75) is 6.54 Å². The molecule has 2 N–H and O–H groups in total. The van der Waals surface area contributed by atoms with Crippen molar-refractivity contribution in [3.8, 4) is 5.82 Å². The smallest absolute Gasteiger partial charge is 0.157 e. The van der Waals surface area contributed by atoms with Crippen LogP contribution in [0.5, 0.6) is 0 Å². The number of rotatable bonds is 2. The van der Waals surface area contributed by atoms with Gasteiger partial charge >= 0.3 is 0 Å². The lowest BCUT2D eigenvalue weighted by Gasteiger charge is -2.06. The molecule has 78 valence electrons. The van der Waals surface area contributed by atoms with Gasteiger partial charge in [-0.15, -0.1) is 0 Å². The third-order valence-corrected chi connectivity index (χ3v) is 2.74. The van der Waals surface area contributed by atoms with Gasteiger partial charge in [-0.1, -0.05) is 0 Å². The van der Waals surface area contributed by atoms with E-state index in [0.29, 0.717) is 6.54 Å². The van der Waals surface area contributed by atoms with Crippen LogP contribution in [0.4, 0.5) is 0 Å². The molecule has 0 radical (unpaired) electrons. The molecule has 0 spiro atoms. The molecule has 2 heterocycles. The average Bonchev–Trinajstić information content (AvgIpc) is 2.64. The summed E-state index contributed by atoms with van der Waals surface area (Å²) in [5.74, 6) is 0.756. The van der Waals surface area contributed by atoms with Gasteiger partial charge in [-0.3, -0.25) is 0 Å². The summed E-state index contributed by atoms with van der Waals surface area (Å²) in [6.07, 6.45) is 5.28. The Bertz CT molecular complexity index is 481. The fraction of sp³-hybridized carbons (Fsp3) is 0.111. The first kappa shape index (κ1) is 10.8. The van der Waals surface area contributed by atoms with Crippen LogP contribution in [0.2, 0.25) is 0 Å². The molecule has 2 aromatic rings. The molecule has 0 aliphatic rings. The highest BCUT2D eigenvalue weighted by Gasteiger charge is 2.06. The monoisotopic (exact) mass is 330 g/mol. The summed E-state index contributed by atoms with van der Waals surface area (Å²) in [6, 6.07) is 1.94. The van der Waals surface area contributed by atoms with Gasteiger partial charge in [0.05, 0.1) is 10.7 Å². The Morgan fingerprint density at radius 1 is 1.27 bits per heavy atom. The van der Waals surface area contributed by atoms with Gasteiger partial charge in [0.15, 0.2) is 5.82 Å². The topological polar surface area (TPSA) is 56.7 Å². The molecule has 2 aromatic heterocycles. The lowest BCUT2D eigenvalue weighted by atomic mass is 10.2. The molecule has 15 heavy (non-hydrogen) atoms. The van der Waals surface area contributed by atoms with Crippen molar-refractivity contribution in [2.75, 3.05) is 0 Å². The Balaban J connectivity index is 2.52. The number of aromatic nitrogens is 3. The predicted molar refractivity (Wildman–Crippen MR) is 64.7 cm³/mol. The zero-order valence-corrected chi connectivity index (χ0v) is 10.9. The van der Waals surface area contributed by atoms with Gasteiger partial charge in [0, 0.05) is 29.0 Å². The second-order valence-corrected chi connectivity index (χ2v) is 4.77. The first-order valence-electron chi connectivity index (χ1n) is 4.25. The SMILES string of the molecule is NCc1cc(Br)cnc1-n1cc(Br)cn1. The first-order valence-corrected chi connectivity index (χ1v) is 5.84. The van der Waals surface area contributed by atoms with Crippen LogP contribution in [0.25, 0.3) is 5.82 Å². The summed E-state index contributed by atoms with van der Waals surface area (Å²) in [4.78, 5) is 4.29. The molecular weight excluding hydrogens is 324 g/mol. The quantitative estimate of drug-likeness (QED) is 0.918. The minimum Gasteiger partial charge on any atom is -0.326 e. The van der Waals surface area contributed by atoms with Crippen molar-refractivity contribution in [2.24, 2.45) is 5.73 Å². The summed E-state index contributed by atoms with van der Waals surface area (Å²) in [6.45, 7) is 0.430. The van der Waals surface area contributed by atoms with Crippen LogP contribution in [0.1, 0.15) is 5.56 Å². The van der Waals surface area contributed by atoms with E-state index in [2.05, 4.69) is 41.9 Å². The zero-order chi connectivity index (χ0) is 10.8. The second-order valence-electron chi connectivity index (χ2n) is 2.94. The summed E-state index contributed by atoms with van der Waals surface area (Å²) >= 11 is 6.70. The van der Waals surface area contributed by atoms with Crippen molar-refractivity contribution in [3.63, 3.8) is 0 Å². The number of hydrogen-bond acceptors (Lipinski definition) is 3. The molecule has 0 amide bonds. The maximum Gasteiger partial charge on any atom is 0.157 e. The van der Waals surface area contributed by atoms with Crippen LogP contribution in [-0.2, 0) is 6.54 Å². The van der Waals surface area contributed by atoms with Crippen LogP contribution in [0, 0.1) is 0 Å². The molecular formula is C9H8Br2N4. The van der Waals surface area contributed by atoms with E-state index < -0.39 is 0 Å². The van der Waals surface area contributed by atoms with Crippen LogP contribution in [0.3, 0.4) is 0 Å². The van der Waals surface area contributed by atoms with Gasteiger partial charge in [-0.05, 0) is 37.9 Å². The third-order valence-electron chi connectivity index (χ3n) is 1.90. The van der Waals surface area contributed by atoms with E-state index in [4.69, 9.17) is 5.73 Å². The minimum atomic E-state index is 0.430. The first-order chi connectivity index (χ1) is 7.20. The summed E-state index contributed by atoms with van der Waals surface area (Å²) in [5.41, 5.74) is 6.59. The largest absolute Gasteiger partial charge is 0.326 e. The normalized spacial score (nSPS) is 10.6. The number of halogens is 2. The average molecular weight is 332 g/mol. The van der Waals surface area contributed by atoms with Crippen LogP contribution in [0.15, 0.2) is 33.6 Å². The van der Waals surface area contributed by atoms with E-state index in [1.165, 1.54) is 0 Å². The number of hydrogen-bond donors (Lipinski definition) is 1. The number of nitrogens with two attached hydrogens (primary N) is 1. The highest BCUT2D eigenvalue weighted by Crippen LogP contribution is 2.18. The van der Waals surface area contributed by atoms with E-state index in [9.17, 15) is 0 Å². The summed E-state index contributed by atoms with van der Waals surface area (Å²) < 4.78 is 3.52. The number of pyridine rings is 1. The van der Waals surface area contributed by atoms with Gasteiger partial charge in [0.1, 0.15) is 0 Å². The molecule has 0 aliphatic heterocycles. The van der Waals surface area contributed by atoms with Crippen LogP contribution in [-0.4, -0.2) is 14.8 Å². The van der Waals surface area contributed by atoms with E-state index in [-0.39, 0.29) is 0 Å². The van der Waals surface area contributed by atoms with Gasteiger partial charge in [-0.2, -0.15) is 5.10 Å². The van der Waals surface area contributed by atoms with Crippen molar-refractivity contribution in [3.05, 3.63) is 39.2 Å². The van der Waals surface area contributed by atoms with Gasteiger partial charge in [-0.25, -0.2) is 9.67 Å². The van der Waals surface area contributed by atoms with Crippen molar-refractivity contribution >= 4 is 31.9 Å². The Hall–Kier alpha value is -0.720. The van der Waals surface area contributed by atoms with E-state index >= 15 is 0 Å². The Kier molecular flexibility index (Phi) is 3.18. The Morgan fingerprint density at radius 2 is 2.07 bits per heavy atom. The van der Waals surface area contributed by atoms with Crippen molar-refractivity contribution in [1.29, 1.82) is 0 Å².